The number of hydrogen-bond donors (Lipinski definition) is 3. The van der Waals surface area contributed by atoms with Crippen molar-refractivity contribution in [3.8, 4) is 22.6 Å². The van der Waals surface area contributed by atoms with Crippen LogP contribution in [-0.2, 0) is 11.2 Å². The number of thiophene rings is 1. The summed E-state index contributed by atoms with van der Waals surface area (Å²) in [5, 5.41) is 23.5. The molecule has 0 aliphatic carbocycles. The molecular formula is C20H14F3NO5S. The number of anilines is 1. The number of carbonyl (C=O) groups excluding carboxylic acids is 1. The highest BCUT2D eigenvalue weighted by atomic mass is 32.1. The second kappa shape index (κ2) is 8.46. The number of nitrogens with one attached hydrogen (secondary N) is 1. The number of carboxylic acids is 1. The van der Waals surface area contributed by atoms with Gasteiger partial charge in [0.25, 0.3) is 0 Å². The van der Waals surface area contributed by atoms with Gasteiger partial charge in [-0.25, -0.2) is 4.79 Å². The van der Waals surface area contributed by atoms with Crippen LogP contribution in [0.25, 0.3) is 11.1 Å². The summed E-state index contributed by atoms with van der Waals surface area (Å²) in [7, 11) is 0. The Kier molecular flexibility index (Phi) is 5.97. The monoisotopic (exact) mass is 437 g/mol. The molecule has 6 nitrogen and oxygen atoms in total. The predicted octanol–water partition coefficient (Wildman–Crippen LogP) is 4.90. The molecule has 0 saturated heterocycles. The highest BCUT2D eigenvalue weighted by Crippen LogP contribution is 2.31. The van der Waals surface area contributed by atoms with Gasteiger partial charge < -0.3 is 20.3 Å². The second-order valence-electron chi connectivity index (χ2n) is 6.15. The molecule has 0 radical (unpaired) electrons. The lowest BCUT2D eigenvalue weighted by Gasteiger charge is -2.08. The van der Waals surface area contributed by atoms with E-state index < -0.39 is 12.3 Å². The number of carboxylic acid groups (broad SMARTS) is 1. The molecule has 1 heterocycles. The summed E-state index contributed by atoms with van der Waals surface area (Å²) in [5.74, 6) is -2.41. The van der Waals surface area contributed by atoms with Gasteiger partial charge in [-0.2, -0.15) is 0 Å². The number of carbonyl (C=O) groups is 2. The molecule has 2 aromatic carbocycles. The maximum atomic E-state index is 12.2. The third kappa shape index (κ3) is 5.51. The van der Waals surface area contributed by atoms with Crippen molar-refractivity contribution in [2.45, 2.75) is 12.8 Å². The molecule has 10 heteroatoms. The number of benzene rings is 2. The lowest BCUT2D eigenvalue weighted by molar-refractivity contribution is -0.274. The van der Waals surface area contributed by atoms with E-state index in [1.165, 1.54) is 53.8 Å². The molecule has 1 aromatic heterocycles. The van der Waals surface area contributed by atoms with E-state index >= 15 is 0 Å². The van der Waals surface area contributed by atoms with Crippen LogP contribution < -0.4 is 10.1 Å². The molecule has 3 rings (SSSR count). The third-order valence-electron chi connectivity index (χ3n) is 3.94. The van der Waals surface area contributed by atoms with Crippen molar-refractivity contribution in [3.05, 3.63) is 65.0 Å². The fourth-order valence-electron chi connectivity index (χ4n) is 2.63. The van der Waals surface area contributed by atoms with E-state index in [0.29, 0.717) is 21.7 Å². The average molecular weight is 437 g/mol. The molecule has 30 heavy (non-hydrogen) atoms. The van der Waals surface area contributed by atoms with Gasteiger partial charge in [-0.15, -0.1) is 24.5 Å². The van der Waals surface area contributed by atoms with Gasteiger partial charge in [-0.1, -0.05) is 18.2 Å². The Bertz CT molecular complexity index is 1080. The Morgan fingerprint density at radius 3 is 2.37 bits per heavy atom. The fourth-order valence-corrected chi connectivity index (χ4v) is 3.46. The van der Waals surface area contributed by atoms with E-state index in [1.54, 1.807) is 11.4 Å². The molecule has 0 unspecified atom stereocenters. The number of hydrogen-bond acceptors (Lipinski definition) is 5. The lowest BCUT2D eigenvalue weighted by Crippen LogP contribution is -2.16. The summed E-state index contributed by atoms with van der Waals surface area (Å²) >= 11 is 1.23. The quantitative estimate of drug-likeness (QED) is 0.510. The van der Waals surface area contributed by atoms with E-state index in [0.717, 1.165) is 0 Å². The Balaban J connectivity index is 1.65. The molecule has 0 fully saturated rings. The smallest absolute Gasteiger partial charge is 0.507 e. The number of rotatable bonds is 6. The summed E-state index contributed by atoms with van der Waals surface area (Å²) < 4.78 is 40.5. The van der Waals surface area contributed by atoms with Crippen molar-refractivity contribution in [2.75, 3.05) is 5.32 Å². The first-order valence-corrected chi connectivity index (χ1v) is 9.28. The molecule has 156 valence electrons. The van der Waals surface area contributed by atoms with E-state index in [4.69, 9.17) is 5.11 Å². The molecule has 0 bridgehead atoms. The second-order valence-corrected chi connectivity index (χ2v) is 7.06. The minimum absolute atomic E-state index is 0.0999. The maximum Gasteiger partial charge on any atom is 0.573 e. The third-order valence-corrected chi connectivity index (χ3v) is 4.78. The molecule has 0 atom stereocenters. The fraction of sp³-hybridized carbons (Fsp3) is 0.100. The van der Waals surface area contributed by atoms with Gasteiger partial charge in [-0.05, 0) is 47.0 Å². The molecular weight excluding hydrogens is 423 g/mol. The van der Waals surface area contributed by atoms with Crippen LogP contribution >= 0.6 is 11.3 Å². The van der Waals surface area contributed by atoms with E-state index in [9.17, 15) is 27.9 Å². The van der Waals surface area contributed by atoms with Crippen molar-refractivity contribution in [2.24, 2.45) is 0 Å². The number of phenols is 1. The Labute approximate surface area is 172 Å². The van der Waals surface area contributed by atoms with Gasteiger partial charge in [-0.3, -0.25) is 4.79 Å². The van der Waals surface area contributed by atoms with Gasteiger partial charge in [0.1, 0.15) is 17.1 Å². The van der Waals surface area contributed by atoms with Crippen molar-refractivity contribution in [1.82, 2.24) is 0 Å². The minimum atomic E-state index is -4.76. The zero-order valence-corrected chi connectivity index (χ0v) is 15.9. The zero-order chi connectivity index (χ0) is 21.9. The number of aromatic hydroxyl groups is 1. The first kappa shape index (κ1) is 21.2. The van der Waals surface area contributed by atoms with Gasteiger partial charge in [0.15, 0.2) is 0 Å². The van der Waals surface area contributed by atoms with Crippen LogP contribution in [0.3, 0.4) is 0 Å². The van der Waals surface area contributed by atoms with E-state index in [2.05, 4.69) is 10.1 Å². The van der Waals surface area contributed by atoms with Gasteiger partial charge in [0, 0.05) is 5.38 Å². The van der Waals surface area contributed by atoms with Gasteiger partial charge in [0.05, 0.1) is 11.4 Å². The summed E-state index contributed by atoms with van der Waals surface area (Å²) in [4.78, 5) is 23.3. The summed E-state index contributed by atoms with van der Waals surface area (Å²) in [6, 6.07) is 10.9. The highest BCUT2D eigenvalue weighted by molar-refractivity contribution is 7.14. The normalized spacial score (nSPS) is 11.2. The number of halogens is 3. The average Bonchev–Trinajstić information content (AvgIpc) is 3.10. The molecule has 0 aliphatic rings. The number of amides is 1. The van der Waals surface area contributed by atoms with Crippen molar-refractivity contribution in [3.63, 3.8) is 0 Å². The highest BCUT2D eigenvalue weighted by Gasteiger charge is 2.31. The SMILES string of the molecule is O=C(Cc1ccc(O)c(C(=O)O)c1)Nc1cc(-c2ccc(OC(F)(F)F)cc2)cs1. The number of alkyl halides is 3. The summed E-state index contributed by atoms with van der Waals surface area (Å²) in [6.45, 7) is 0. The molecule has 1 amide bonds. The minimum Gasteiger partial charge on any atom is -0.507 e. The van der Waals surface area contributed by atoms with Crippen LogP contribution in [0.5, 0.6) is 11.5 Å². The van der Waals surface area contributed by atoms with Crippen LogP contribution in [0.4, 0.5) is 18.2 Å². The van der Waals surface area contributed by atoms with Crippen molar-refractivity contribution >= 4 is 28.2 Å². The van der Waals surface area contributed by atoms with Gasteiger partial charge in [0.2, 0.25) is 5.91 Å². The standard InChI is InChI=1S/C20H14F3NO5S/c21-20(22,23)29-14-4-2-12(3-5-14)13-9-18(30-10-13)24-17(26)8-11-1-6-16(25)15(7-11)19(27)28/h1-7,9-10,25H,8H2,(H,24,26)(H,27,28). The molecule has 0 spiro atoms. The van der Waals surface area contributed by atoms with Crippen molar-refractivity contribution in [1.29, 1.82) is 0 Å². The van der Waals surface area contributed by atoms with E-state index in [-0.39, 0.29) is 29.4 Å². The largest absolute Gasteiger partial charge is 0.573 e. The van der Waals surface area contributed by atoms with Crippen LogP contribution in [0.1, 0.15) is 15.9 Å². The van der Waals surface area contributed by atoms with Crippen molar-refractivity contribution < 1.29 is 37.7 Å². The Morgan fingerprint density at radius 1 is 1.03 bits per heavy atom. The molecule has 0 aliphatic heterocycles. The Hall–Kier alpha value is -3.53. The molecule has 3 aromatic rings. The van der Waals surface area contributed by atoms with E-state index in [1.807, 2.05) is 0 Å². The Morgan fingerprint density at radius 2 is 1.73 bits per heavy atom. The first-order chi connectivity index (χ1) is 14.1. The molecule has 0 saturated carbocycles. The maximum absolute atomic E-state index is 12.2. The zero-order valence-electron chi connectivity index (χ0n) is 15.1. The first-order valence-electron chi connectivity index (χ1n) is 8.40. The lowest BCUT2D eigenvalue weighted by atomic mass is 10.1. The predicted molar refractivity (Wildman–Crippen MR) is 104 cm³/mol. The molecule has 3 N–H and O–H groups in total. The summed E-state index contributed by atoms with van der Waals surface area (Å²) in [5.41, 5.74) is 1.47. The number of aromatic carboxylic acids is 1. The van der Waals surface area contributed by atoms with Crippen LogP contribution in [0.15, 0.2) is 53.9 Å². The van der Waals surface area contributed by atoms with Crippen LogP contribution in [0, 0.1) is 0 Å². The van der Waals surface area contributed by atoms with Crippen LogP contribution in [0.2, 0.25) is 0 Å². The topological polar surface area (TPSA) is 95.9 Å². The number of ether oxygens (including phenoxy) is 1. The summed E-state index contributed by atoms with van der Waals surface area (Å²) in [6.07, 6.45) is -4.86. The van der Waals surface area contributed by atoms with Gasteiger partial charge >= 0.3 is 12.3 Å². The van der Waals surface area contributed by atoms with Crippen LogP contribution in [-0.4, -0.2) is 28.5 Å².